The summed E-state index contributed by atoms with van der Waals surface area (Å²) in [4.78, 5) is 26.8. The number of ether oxygens (including phenoxy) is 2. The van der Waals surface area contributed by atoms with Crippen molar-refractivity contribution in [3.05, 3.63) is 0 Å². The van der Waals surface area contributed by atoms with Gasteiger partial charge in [0, 0.05) is 12.5 Å². The second kappa shape index (κ2) is 7.18. The van der Waals surface area contributed by atoms with Crippen LogP contribution in [0, 0.1) is 0 Å². The fourth-order valence-electron chi connectivity index (χ4n) is 3.50. The van der Waals surface area contributed by atoms with Crippen LogP contribution < -0.4 is 5.32 Å². The van der Waals surface area contributed by atoms with Crippen molar-refractivity contribution >= 4 is 11.8 Å². The molecule has 2 rings (SSSR count). The molecular formula is C17H30N2O4. The molecular weight excluding hydrogens is 296 g/mol. The zero-order chi connectivity index (χ0) is 17.2. The van der Waals surface area contributed by atoms with Crippen LogP contribution in [-0.2, 0) is 19.1 Å². The standard InChI is InChI=1S/C17H30N2O4/c1-6-8-11(3)18-16(21)14-15-12(22-17(4,5)23-15)10-19(14)13(20)9-7-2/h11-12,14-15H,6-10H2,1-5H3,(H,18,21)/t11?,12-,14-,15-/m0/s1. The lowest BCUT2D eigenvalue weighted by Crippen LogP contribution is -2.53. The van der Waals surface area contributed by atoms with E-state index in [1.165, 1.54) is 0 Å². The van der Waals surface area contributed by atoms with Crippen LogP contribution in [0.15, 0.2) is 0 Å². The van der Waals surface area contributed by atoms with Crippen LogP contribution in [0.2, 0.25) is 0 Å². The topological polar surface area (TPSA) is 67.9 Å². The number of fused-ring (bicyclic) bond motifs is 1. The number of nitrogens with one attached hydrogen (secondary N) is 1. The minimum absolute atomic E-state index is 0.00444. The Balaban J connectivity index is 2.14. The van der Waals surface area contributed by atoms with Gasteiger partial charge in [-0.2, -0.15) is 0 Å². The van der Waals surface area contributed by atoms with E-state index < -0.39 is 11.8 Å². The molecule has 0 saturated carbocycles. The van der Waals surface area contributed by atoms with Crippen molar-refractivity contribution in [3.63, 3.8) is 0 Å². The Morgan fingerprint density at radius 1 is 1.26 bits per heavy atom. The molecule has 0 radical (unpaired) electrons. The number of hydrogen-bond acceptors (Lipinski definition) is 4. The summed E-state index contributed by atoms with van der Waals surface area (Å²) in [5, 5.41) is 3.02. The lowest BCUT2D eigenvalue weighted by molar-refractivity contribution is -0.170. The maximum absolute atomic E-state index is 12.8. The number of carbonyl (C=O) groups is 2. The molecule has 6 heteroatoms. The molecule has 2 heterocycles. The first-order valence-electron chi connectivity index (χ1n) is 8.74. The van der Waals surface area contributed by atoms with Crippen molar-refractivity contribution in [1.82, 2.24) is 10.2 Å². The van der Waals surface area contributed by atoms with Crippen molar-refractivity contribution in [1.29, 1.82) is 0 Å². The molecule has 1 N–H and O–H groups in total. The molecule has 2 saturated heterocycles. The Labute approximate surface area is 138 Å². The Morgan fingerprint density at radius 2 is 1.96 bits per heavy atom. The minimum atomic E-state index is -0.706. The predicted octanol–water partition coefficient (Wildman–Crippen LogP) is 1.82. The van der Waals surface area contributed by atoms with E-state index in [9.17, 15) is 9.59 Å². The van der Waals surface area contributed by atoms with Crippen LogP contribution in [0.5, 0.6) is 0 Å². The molecule has 0 aromatic heterocycles. The lowest BCUT2D eigenvalue weighted by Gasteiger charge is -2.30. The van der Waals surface area contributed by atoms with E-state index in [-0.39, 0.29) is 30.1 Å². The molecule has 0 bridgehead atoms. The zero-order valence-electron chi connectivity index (χ0n) is 14.9. The Morgan fingerprint density at radius 3 is 2.57 bits per heavy atom. The fraction of sp³-hybridized carbons (Fsp3) is 0.882. The number of nitrogens with zero attached hydrogens (tertiary/aromatic N) is 1. The van der Waals surface area contributed by atoms with Crippen LogP contribution in [0.1, 0.15) is 60.3 Å². The van der Waals surface area contributed by atoms with E-state index >= 15 is 0 Å². The van der Waals surface area contributed by atoms with E-state index in [0.717, 1.165) is 19.3 Å². The molecule has 23 heavy (non-hydrogen) atoms. The molecule has 2 aliphatic rings. The van der Waals surface area contributed by atoms with E-state index in [1.807, 2.05) is 27.7 Å². The van der Waals surface area contributed by atoms with Crippen molar-refractivity contribution < 1.29 is 19.1 Å². The van der Waals surface area contributed by atoms with Crippen molar-refractivity contribution in [2.75, 3.05) is 6.54 Å². The highest BCUT2D eigenvalue weighted by Gasteiger charge is 2.56. The molecule has 6 nitrogen and oxygen atoms in total. The Hall–Kier alpha value is -1.14. The first-order chi connectivity index (χ1) is 10.8. The van der Waals surface area contributed by atoms with E-state index in [1.54, 1.807) is 4.90 Å². The number of carbonyl (C=O) groups excluding carboxylic acids is 2. The van der Waals surface area contributed by atoms with Gasteiger partial charge in [0.05, 0.1) is 6.54 Å². The third-order valence-electron chi connectivity index (χ3n) is 4.41. The van der Waals surface area contributed by atoms with Gasteiger partial charge in [-0.05, 0) is 33.6 Å². The first kappa shape index (κ1) is 18.2. The molecule has 0 spiro atoms. The van der Waals surface area contributed by atoms with Gasteiger partial charge < -0.3 is 19.7 Å². The summed E-state index contributed by atoms with van der Waals surface area (Å²) in [6.07, 6.45) is 2.50. The largest absolute Gasteiger partial charge is 0.352 e. The zero-order valence-corrected chi connectivity index (χ0v) is 14.9. The minimum Gasteiger partial charge on any atom is -0.352 e. The monoisotopic (exact) mass is 326 g/mol. The Bertz CT molecular complexity index is 452. The number of amides is 2. The lowest BCUT2D eigenvalue weighted by atomic mass is 10.1. The quantitative estimate of drug-likeness (QED) is 0.808. The van der Waals surface area contributed by atoms with E-state index in [2.05, 4.69) is 12.2 Å². The SMILES string of the molecule is CCCC(=O)N1C[C@@H]2OC(C)(C)O[C@@H]2[C@H]1C(=O)NC(C)CCC. The fourth-order valence-corrected chi connectivity index (χ4v) is 3.50. The summed E-state index contributed by atoms with van der Waals surface area (Å²) >= 11 is 0. The van der Waals surface area contributed by atoms with Crippen molar-refractivity contribution in [3.8, 4) is 0 Å². The number of likely N-dealkylation sites (tertiary alicyclic amines) is 1. The third kappa shape index (κ3) is 4.04. The highest BCUT2D eigenvalue weighted by molar-refractivity contribution is 5.89. The van der Waals surface area contributed by atoms with Crippen LogP contribution in [0.3, 0.4) is 0 Å². The molecule has 4 atom stereocenters. The molecule has 1 unspecified atom stereocenters. The maximum Gasteiger partial charge on any atom is 0.245 e. The third-order valence-corrected chi connectivity index (χ3v) is 4.41. The number of hydrogen-bond donors (Lipinski definition) is 1. The summed E-state index contributed by atoms with van der Waals surface area (Å²) in [5.74, 6) is -0.845. The van der Waals surface area contributed by atoms with Crippen LogP contribution in [0.4, 0.5) is 0 Å². The molecule has 2 amide bonds. The molecule has 2 fully saturated rings. The van der Waals surface area contributed by atoms with Crippen LogP contribution in [0.25, 0.3) is 0 Å². The number of rotatable bonds is 6. The normalized spacial score (nSPS) is 30.1. The Kier molecular flexibility index (Phi) is 5.68. The highest BCUT2D eigenvalue weighted by atomic mass is 16.8. The van der Waals surface area contributed by atoms with E-state index in [4.69, 9.17) is 9.47 Å². The predicted molar refractivity (Wildman–Crippen MR) is 86.7 cm³/mol. The molecule has 0 aromatic rings. The summed E-state index contributed by atoms with van der Waals surface area (Å²) < 4.78 is 11.8. The van der Waals surface area contributed by atoms with Crippen molar-refractivity contribution in [2.24, 2.45) is 0 Å². The summed E-state index contributed by atoms with van der Waals surface area (Å²) in [5.41, 5.74) is 0. The van der Waals surface area contributed by atoms with Gasteiger partial charge in [-0.25, -0.2) is 0 Å². The summed E-state index contributed by atoms with van der Waals surface area (Å²) in [7, 11) is 0. The van der Waals surface area contributed by atoms with Gasteiger partial charge in [-0.3, -0.25) is 9.59 Å². The van der Waals surface area contributed by atoms with Gasteiger partial charge in [-0.15, -0.1) is 0 Å². The average molecular weight is 326 g/mol. The smallest absolute Gasteiger partial charge is 0.245 e. The van der Waals surface area contributed by atoms with E-state index in [0.29, 0.717) is 13.0 Å². The van der Waals surface area contributed by atoms with Gasteiger partial charge in [0.25, 0.3) is 0 Å². The first-order valence-corrected chi connectivity index (χ1v) is 8.74. The highest BCUT2D eigenvalue weighted by Crippen LogP contribution is 2.37. The van der Waals surface area contributed by atoms with Gasteiger partial charge in [0.1, 0.15) is 18.2 Å². The molecule has 0 aliphatic carbocycles. The second-order valence-corrected chi connectivity index (χ2v) is 7.08. The van der Waals surface area contributed by atoms with Gasteiger partial charge in [-0.1, -0.05) is 20.3 Å². The average Bonchev–Trinajstić information content (AvgIpc) is 2.90. The van der Waals surface area contributed by atoms with Gasteiger partial charge >= 0.3 is 0 Å². The van der Waals surface area contributed by atoms with Crippen LogP contribution in [-0.4, -0.2) is 53.3 Å². The summed E-state index contributed by atoms with van der Waals surface area (Å²) in [6.45, 7) is 10.1. The molecule has 0 aromatic carbocycles. The van der Waals surface area contributed by atoms with Gasteiger partial charge in [0.2, 0.25) is 11.8 Å². The summed E-state index contributed by atoms with van der Waals surface area (Å²) in [6, 6.07) is -0.509. The molecule has 2 aliphatic heterocycles. The molecule has 132 valence electrons. The maximum atomic E-state index is 12.8. The van der Waals surface area contributed by atoms with Crippen molar-refractivity contribution in [2.45, 2.75) is 90.4 Å². The second-order valence-electron chi connectivity index (χ2n) is 7.08. The van der Waals surface area contributed by atoms with Crippen LogP contribution >= 0.6 is 0 Å². The van der Waals surface area contributed by atoms with Gasteiger partial charge in [0.15, 0.2) is 5.79 Å².